The summed E-state index contributed by atoms with van der Waals surface area (Å²) >= 11 is 0. The molecule has 6 rings (SSSR count). The second kappa shape index (κ2) is 18.7. The standard InChI is InChI=1S/C50H64N4O8S2/c1-49(2)41-33-39(63(57,58)59)22-24-43(41)52(30-11-29-51(5)6)45(49)26-20-36-13-10-14-37(48(36)38-18-15-35(16-19-38)17-28-47(55)56)21-27-46-50(3,4)42-34-40(64(60,61)62)23-25-44(42)53(46)31-12-32-54(7,8)9/h15-16,18-27,33-34H,10-14,17,28-32H2,1-9H3,(H-2,55,56,57,58,59,60,61,62)/p+2. The van der Waals surface area contributed by atoms with Crippen molar-refractivity contribution < 1.29 is 44.9 Å². The Bertz CT molecular complexity index is 2680. The molecule has 344 valence electrons. The Balaban J connectivity index is 1.50. The van der Waals surface area contributed by atoms with Gasteiger partial charge in [0.05, 0.1) is 49.3 Å². The van der Waals surface area contributed by atoms with Gasteiger partial charge in [0.25, 0.3) is 20.2 Å². The molecule has 0 spiro atoms. The molecule has 2 heterocycles. The maximum atomic E-state index is 12.3. The molecule has 12 nitrogen and oxygen atoms in total. The van der Waals surface area contributed by atoms with Gasteiger partial charge in [0.15, 0.2) is 12.3 Å². The highest BCUT2D eigenvalue weighted by molar-refractivity contribution is 7.86. The van der Waals surface area contributed by atoms with Crippen molar-refractivity contribution in [2.75, 3.05) is 66.3 Å². The Morgan fingerprint density at radius 3 is 2.08 bits per heavy atom. The first-order valence-corrected chi connectivity index (χ1v) is 24.9. The molecule has 3 aliphatic rings. The summed E-state index contributed by atoms with van der Waals surface area (Å²) < 4.78 is 72.3. The zero-order chi connectivity index (χ0) is 47.0. The van der Waals surface area contributed by atoms with Crippen LogP contribution >= 0.6 is 0 Å². The Kier molecular flexibility index (Phi) is 14.2. The van der Waals surface area contributed by atoms with Crippen LogP contribution in [0.25, 0.3) is 5.57 Å². The van der Waals surface area contributed by atoms with Crippen molar-refractivity contribution in [3.8, 4) is 0 Å². The summed E-state index contributed by atoms with van der Waals surface area (Å²) in [6.45, 7) is 11.6. The average molecular weight is 915 g/mol. The third-order valence-electron chi connectivity index (χ3n) is 12.8. The van der Waals surface area contributed by atoms with E-state index in [0.717, 1.165) is 111 Å². The molecule has 0 atom stereocenters. The first-order chi connectivity index (χ1) is 29.8. The maximum Gasteiger partial charge on any atom is 0.303 e. The molecule has 0 aromatic heterocycles. The zero-order valence-electron chi connectivity index (χ0n) is 38.8. The number of fused-ring (bicyclic) bond motifs is 2. The Labute approximate surface area is 380 Å². The number of allylic oxidation sites excluding steroid dienone is 8. The summed E-state index contributed by atoms with van der Waals surface area (Å²) in [4.78, 5) is 15.6. The predicted octanol–water partition coefficient (Wildman–Crippen LogP) is 8.42. The van der Waals surface area contributed by atoms with Gasteiger partial charge < -0.3 is 19.4 Å². The number of carboxylic acid groups (broad SMARTS) is 1. The number of benzene rings is 3. The van der Waals surface area contributed by atoms with E-state index in [4.69, 9.17) is 0 Å². The third-order valence-corrected chi connectivity index (χ3v) is 14.5. The molecule has 0 saturated heterocycles. The molecule has 3 N–H and O–H groups in total. The molecule has 2 aliphatic heterocycles. The van der Waals surface area contributed by atoms with Crippen molar-refractivity contribution in [2.24, 2.45) is 0 Å². The number of anilines is 1. The SMILES string of the molecule is CN(C)CCCN1/C(=C/C=C2\CCCC(/C=C/C3=[N+](CCC[N+](C)(C)C)c4ccc(S(=O)(=O)O)cc4C3(C)C)=C2c2ccc(CCC(=O)O)cc2)C(C)(C)c2cc(S(=O)(=O)O)ccc21. The van der Waals surface area contributed by atoms with Crippen LogP contribution in [0.3, 0.4) is 0 Å². The lowest BCUT2D eigenvalue weighted by molar-refractivity contribution is -0.871. The van der Waals surface area contributed by atoms with Crippen molar-refractivity contribution in [3.63, 3.8) is 0 Å². The van der Waals surface area contributed by atoms with Crippen LogP contribution in [-0.2, 0) is 42.3 Å². The lowest BCUT2D eigenvalue weighted by Crippen LogP contribution is -2.36. The van der Waals surface area contributed by atoms with Crippen LogP contribution in [0.5, 0.6) is 0 Å². The number of aryl methyl sites for hydroxylation is 1. The molecule has 0 unspecified atom stereocenters. The summed E-state index contributed by atoms with van der Waals surface area (Å²) in [5.41, 5.74) is 9.62. The fourth-order valence-corrected chi connectivity index (χ4v) is 10.5. The van der Waals surface area contributed by atoms with E-state index in [-0.39, 0.29) is 16.2 Å². The Morgan fingerprint density at radius 2 is 1.47 bits per heavy atom. The Hall–Kier alpha value is -4.70. The summed E-state index contributed by atoms with van der Waals surface area (Å²) in [6, 6.07) is 17.9. The quantitative estimate of drug-likeness (QED) is 0.0683. The molecule has 1 aliphatic carbocycles. The third kappa shape index (κ3) is 10.9. The minimum atomic E-state index is -4.42. The van der Waals surface area contributed by atoms with Gasteiger partial charge in [-0.1, -0.05) is 50.3 Å². The van der Waals surface area contributed by atoms with E-state index in [1.54, 1.807) is 24.3 Å². The van der Waals surface area contributed by atoms with Gasteiger partial charge in [0, 0.05) is 47.5 Å². The molecular formula is C50H66N4O8S2+2. The van der Waals surface area contributed by atoms with E-state index >= 15 is 0 Å². The first-order valence-electron chi connectivity index (χ1n) is 22.0. The molecule has 0 bridgehead atoms. The van der Waals surface area contributed by atoms with Crippen molar-refractivity contribution in [2.45, 2.75) is 93.3 Å². The largest absolute Gasteiger partial charge is 0.481 e. The number of carboxylic acids is 1. The molecule has 0 fully saturated rings. The van der Waals surface area contributed by atoms with E-state index in [1.807, 2.05) is 26.2 Å². The van der Waals surface area contributed by atoms with E-state index in [1.165, 1.54) is 12.1 Å². The molecule has 64 heavy (non-hydrogen) atoms. The average Bonchev–Trinajstić information content (AvgIpc) is 3.54. The molecule has 14 heteroatoms. The maximum absolute atomic E-state index is 12.3. The number of hydrogen-bond acceptors (Lipinski definition) is 7. The molecule has 3 aromatic carbocycles. The highest BCUT2D eigenvalue weighted by atomic mass is 32.2. The number of quaternary nitrogens is 1. The van der Waals surface area contributed by atoms with Gasteiger partial charge >= 0.3 is 5.97 Å². The summed E-state index contributed by atoms with van der Waals surface area (Å²) in [5, 5.41) is 9.36. The lowest BCUT2D eigenvalue weighted by Gasteiger charge is -2.28. The molecule has 3 aromatic rings. The van der Waals surface area contributed by atoms with Gasteiger partial charge in [-0.25, -0.2) is 0 Å². The number of aliphatic carboxylic acids is 1. The van der Waals surface area contributed by atoms with Crippen LogP contribution in [-0.4, -0.2) is 118 Å². The number of carbonyl (C=O) groups is 1. The highest BCUT2D eigenvalue weighted by Crippen LogP contribution is 2.49. The van der Waals surface area contributed by atoms with Crippen LogP contribution in [0.4, 0.5) is 11.4 Å². The fraction of sp³-hybridized carbons (Fsp3) is 0.440. The van der Waals surface area contributed by atoms with E-state index in [9.17, 15) is 35.8 Å². The van der Waals surface area contributed by atoms with Crippen LogP contribution in [0.2, 0.25) is 0 Å². The smallest absolute Gasteiger partial charge is 0.303 e. The second-order valence-corrected chi connectivity index (χ2v) is 22.5. The topological polar surface area (TPSA) is 156 Å². The van der Waals surface area contributed by atoms with Crippen molar-refractivity contribution in [3.05, 3.63) is 124 Å². The van der Waals surface area contributed by atoms with Gasteiger partial charge in [-0.2, -0.15) is 21.4 Å². The molecule has 0 saturated carbocycles. The van der Waals surface area contributed by atoms with Gasteiger partial charge in [-0.3, -0.25) is 13.9 Å². The van der Waals surface area contributed by atoms with Gasteiger partial charge in [0.2, 0.25) is 5.69 Å². The Morgan fingerprint density at radius 1 is 0.828 bits per heavy atom. The number of hydrogen-bond donors (Lipinski definition) is 3. The van der Waals surface area contributed by atoms with E-state index < -0.39 is 37.0 Å². The van der Waals surface area contributed by atoms with Crippen LogP contribution in [0.15, 0.2) is 112 Å². The molecular weight excluding hydrogens is 849 g/mol. The van der Waals surface area contributed by atoms with Gasteiger partial charge in [-0.05, 0) is 136 Å². The number of rotatable bonds is 17. The van der Waals surface area contributed by atoms with Crippen molar-refractivity contribution >= 4 is 48.9 Å². The van der Waals surface area contributed by atoms with Gasteiger partial charge in [0.1, 0.15) is 0 Å². The van der Waals surface area contributed by atoms with Crippen molar-refractivity contribution in [1.29, 1.82) is 0 Å². The zero-order valence-corrected chi connectivity index (χ0v) is 40.5. The predicted molar refractivity (Wildman–Crippen MR) is 255 cm³/mol. The minimum absolute atomic E-state index is 0.0392. The minimum Gasteiger partial charge on any atom is -0.481 e. The van der Waals surface area contributed by atoms with Gasteiger partial charge in [-0.15, -0.1) is 0 Å². The van der Waals surface area contributed by atoms with E-state index in [0.29, 0.717) is 19.5 Å². The van der Waals surface area contributed by atoms with Crippen LogP contribution < -0.4 is 4.90 Å². The second-order valence-electron chi connectivity index (χ2n) is 19.7. The molecule has 0 radical (unpaired) electrons. The van der Waals surface area contributed by atoms with E-state index in [2.05, 4.69) is 99.7 Å². The summed E-state index contributed by atoms with van der Waals surface area (Å²) in [6.07, 6.45) is 13.5. The fourth-order valence-electron chi connectivity index (χ4n) is 9.44. The molecule has 0 amide bonds. The van der Waals surface area contributed by atoms with Crippen LogP contribution in [0.1, 0.15) is 88.5 Å². The highest BCUT2D eigenvalue weighted by Gasteiger charge is 2.45. The lowest BCUT2D eigenvalue weighted by atomic mass is 9.79. The number of nitrogens with zero attached hydrogens (tertiary/aromatic N) is 4. The summed E-state index contributed by atoms with van der Waals surface area (Å²) in [5.74, 6) is -0.845. The monoisotopic (exact) mass is 914 g/mol. The van der Waals surface area contributed by atoms with Crippen LogP contribution in [0, 0.1) is 0 Å². The normalized spacial score (nSPS) is 18.8. The summed E-state index contributed by atoms with van der Waals surface area (Å²) in [7, 11) is 1.73. The van der Waals surface area contributed by atoms with Crippen molar-refractivity contribution in [1.82, 2.24) is 4.90 Å². The first kappa shape index (κ1) is 48.7.